The summed E-state index contributed by atoms with van der Waals surface area (Å²) < 4.78 is 5.69. The Balaban J connectivity index is 0.000000130. The van der Waals surface area contributed by atoms with Crippen molar-refractivity contribution < 1.29 is 0 Å². The molecular formula is C21H12AlN3S6. The topological polar surface area (TPSA) is 38.7 Å². The first-order chi connectivity index (χ1) is 14.6. The Kier molecular flexibility index (Phi) is 8.89. The summed E-state index contributed by atoms with van der Waals surface area (Å²) in [4.78, 5) is 12.4. The van der Waals surface area contributed by atoms with Crippen molar-refractivity contribution in [2.75, 3.05) is 0 Å². The molecule has 0 spiro atoms. The molecule has 0 N–H and O–H groups in total. The van der Waals surface area contributed by atoms with Crippen molar-refractivity contribution in [3.8, 4) is 0 Å². The normalized spacial score (nSPS) is 10.1. The van der Waals surface area contributed by atoms with Crippen LogP contribution in [-0.2, 0) is 37.9 Å². The van der Waals surface area contributed by atoms with E-state index in [0.29, 0.717) is 0 Å². The van der Waals surface area contributed by atoms with Crippen LogP contribution in [0.2, 0.25) is 0 Å². The molecule has 6 aromatic rings. The van der Waals surface area contributed by atoms with Crippen LogP contribution >= 0.6 is 34.0 Å². The predicted molar refractivity (Wildman–Crippen MR) is 142 cm³/mol. The largest absolute Gasteiger partial charge is 3.00 e. The zero-order valence-electron chi connectivity index (χ0n) is 15.8. The Morgan fingerprint density at radius 1 is 0.452 bits per heavy atom. The van der Waals surface area contributed by atoms with Crippen LogP contribution < -0.4 is 0 Å². The van der Waals surface area contributed by atoms with Gasteiger partial charge < -0.3 is 71.9 Å². The van der Waals surface area contributed by atoms with Crippen LogP contribution in [0.15, 0.2) is 85.8 Å². The molecular weight excluding hydrogens is 514 g/mol. The minimum atomic E-state index is 0. The third-order valence-electron chi connectivity index (χ3n) is 3.82. The molecule has 3 aromatic heterocycles. The van der Waals surface area contributed by atoms with Crippen LogP contribution in [0.25, 0.3) is 30.6 Å². The van der Waals surface area contributed by atoms with Gasteiger partial charge >= 0.3 is 17.4 Å². The van der Waals surface area contributed by atoms with Crippen molar-refractivity contribution in [2.24, 2.45) is 0 Å². The molecule has 0 amide bonds. The second kappa shape index (κ2) is 11.4. The molecule has 150 valence electrons. The van der Waals surface area contributed by atoms with Gasteiger partial charge in [-0.15, -0.1) is 0 Å². The smallest absolute Gasteiger partial charge is 0.408 e. The van der Waals surface area contributed by atoms with E-state index in [2.05, 4.69) is 15.0 Å². The van der Waals surface area contributed by atoms with Crippen molar-refractivity contribution in [3.05, 3.63) is 72.8 Å². The second-order valence-corrected chi connectivity index (χ2v) is 10.9. The fourth-order valence-corrected chi connectivity index (χ4v) is 5.75. The van der Waals surface area contributed by atoms with Gasteiger partial charge in [-0.2, -0.15) is 0 Å². The Hall–Kier alpha value is -1.48. The Morgan fingerprint density at radius 2 is 0.710 bits per heavy atom. The molecule has 3 nitrogen and oxygen atoms in total. The van der Waals surface area contributed by atoms with Gasteiger partial charge in [0.05, 0.1) is 16.6 Å². The summed E-state index contributed by atoms with van der Waals surface area (Å²) in [7, 11) is 0. The number of hydrogen-bond donors (Lipinski definition) is 0. The molecule has 0 unspecified atom stereocenters. The molecule has 3 heterocycles. The molecule has 3 aromatic carbocycles. The SMILES string of the molecule is [Al+3].[S-]c1nc2ccccc2s1.[S-]c1nc2ccccc2s1.[S-]c1nc2ccccc2s1. The minimum absolute atomic E-state index is 0. The summed E-state index contributed by atoms with van der Waals surface area (Å²) in [5, 5.41) is 0. The maximum Gasteiger partial charge on any atom is 3.00 e. The van der Waals surface area contributed by atoms with Gasteiger partial charge in [0.1, 0.15) is 0 Å². The molecule has 0 saturated carbocycles. The Labute approximate surface area is 219 Å². The number of benzene rings is 3. The molecule has 0 saturated heterocycles. The molecule has 10 heteroatoms. The number of hydrogen-bond acceptors (Lipinski definition) is 9. The molecule has 0 radical (unpaired) electrons. The van der Waals surface area contributed by atoms with Gasteiger partial charge in [0.15, 0.2) is 0 Å². The Bertz CT molecular complexity index is 1140. The fraction of sp³-hybridized carbons (Fsp3) is 0. The van der Waals surface area contributed by atoms with E-state index < -0.39 is 0 Å². The number of aromatic nitrogens is 3. The van der Waals surface area contributed by atoms with Crippen molar-refractivity contribution >= 4 is 120 Å². The number of nitrogens with zero attached hydrogens (tertiary/aromatic N) is 3. The van der Waals surface area contributed by atoms with Crippen LogP contribution in [0.5, 0.6) is 0 Å². The van der Waals surface area contributed by atoms with Crippen LogP contribution in [0.3, 0.4) is 0 Å². The first-order valence-corrected chi connectivity index (χ1v) is 12.3. The van der Waals surface area contributed by atoms with E-state index in [4.69, 9.17) is 37.9 Å². The standard InChI is InChI=1S/3C7H5NS2.Al/c3*9-7-8-5-3-1-2-4-6(5)10-7;/h3*1-4H,(H,8,9);/q;;;+3/p-3. The van der Waals surface area contributed by atoms with Gasteiger partial charge in [0.25, 0.3) is 0 Å². The molecule has 0 fully saturated rings. The van der Waals surface area contributed by atoms with E-state index in [-0.39, 0.29) is 17.4 Å². The van der Waals surface area contributed by atoms with E-state index in [1.165, 1.54) is 14.1 Å². The van der Waals surface area contributed by atoms with E-state index in [9.17, 15) is 0 Å². The van der Waals surface area contributed by atoms with Crippen molar-refractivity contribution in [1.29, 1.82) is 0 Å². The van der Waals surface area contributed by atoms with Crippen LogP contribution in [0, 0.1) is 0 Å². The monoisotopic (exact) mass is 525 g/mol. The van der Waals surface area contributed by atoms with Gasteiger partial charge in [0.2, 0.25) is 0 Å². The van der Waals surface area contributed by atoms with Crippen molar-refractivity contribution in [2.45, 2.75) is 13.0 Å². The number of fused-ring (bicyclic) bond motifs is 3. The summed E-state index contributed by atoms with van der Waals surface area (Å²) in [6.07, 6.45) is 0. The first-order valence-electron chi connectivity index (χ1n) is 8.66. The fourth-order valence-electron chi connectivity index (χ4n) is 2.55. The van der Waals surface area contributed by atoms with E-state index >= 15 is 0 Å². The average molecular weight is 526 g/mol. The van der Waals surface area contributed by atoms with E-state index in [1.807, 2.05) is 72.8 Å². The number of thiazole rings is 3. The first kappa shape index (κ1) is 24.2. The van der Waals surface area contributed by atoms with Crippen LogP contribution in [-0.4, -0.2) is 32.3 Å². The maximum atomic E-state index is 4.92. The van der Waals surface area contributed by atoms with Gasteiger partial charge in [-0.25, -0.2) is 0 Å². The summed E-state index contributed by atoms with van der Waals surface area (Å²) in [6.45, 7) is 0. The molecule has 0 aliphatic heterocycles. The maximum absolute atomic E-state index is 4.92. The van der Waals surface area contributed by atoms with Gasteiger partial charge in [-0.1, -0.05) is 54.6 Å². The third kappa shape index (κ3) is 6.51. The minimum Gasteiger partial charge on any atom is -0.408 e. The van der Waals surface area contributed by atoms with Gasteiger partial charge in [-0.05, 0) is 45.3 Å². The number of para-hydroxylation sites is 3. The molecule has 0 atom stereocenters. The summed E-state index contributed by atoms with van der Waals surface area (Å²) in [5.74, 6) is 0. The van der Waals surface area contributed by atoms with Crippen LogP contribution in [0.1, 0.15) is 0 Å². The van der Waals surface area contributed by atoms with Crippen molar-refractivity contribution in [1.82, 2.24) is 15.0 Å². The van der Waals surface area contributed by atoms with Crippen LogP contribution in [0.4, 0.5) is 0 Å². The molecule has 0 aliphatic rings. The number of rotatable bonds is 0. The van der Waals surface area contributed by atoms with Gasteiger partial charge in [-0.3, -0.25) is 15.0 Å². The molecule has 0 aliphatic carbocycles. The molecule has 31 heavy (non-hydrogen) atoms. The Morgan fingerprint density at radius 3 is 0.968 bits per heavy atom. The van der Waals surface area contributed by atoms with E-state index in [0.717, 1.165) is 29.6 Å². The third-order valence-corrected chi connectivity index (χ3v) is 7.34. The summed E-state index contributed by atoms with van der Waals surface area (Å²) >= 11 is 19.4. The zero-order chi connectivity index (χ0) is 20.9. The summed E-state index contributed by atoms with van der Waals surface area (Å²) in [6, 6.07) is 23.9. The second-order valence-electron chi connectivity index (χ2n) is 5.84. The molecule has 6 rings (SSSR count). The average Bonchev–Trinajstić information content (AvgIpc) is 3.41. The van der Waals surface area contributed by atoms with Gasteiger partial charge in [0, 0.05) is 0 Å². The predicted octanol–water partition coefficient (Wildman–Crippen LogP) is 6.23. The summed E-state index contributed by atoms with van der Waals surface area (Å²) in [5.41, 5.74) is 3.03. The quantitative estimate of drug-likeness (QED) is 0.173. The van der Waals surface area contributed by atoms with Crippen molar-refractivity contribution in [3.63, 3.8) is 0 Å². The molecule has 0 bridgehead atoms. The van der Waals surface area contributed by atoms with E-state index in [1.54, 1.807) is 34.0 Å². The zero-order valence-corrected chi connectivity index (χ0v) is 21.9.